The molecule has 1 aliphatic carbocycles. The summed E-state index contributed by atoms with van der Waals surface area (Å²) in [5.41, 5.74) is 0.559. The van der Waals surface area contributed by atoms with E-state index in [4.69, 9.17) is 0 Å². The van der Waals surface area contributed by atoms with Gasteiger partial charge in [0.1, 0.15) is 5.75 Å². The van der Waals surface area contributed by atoms with Gasteiger partial charge in [0.15, 0.2) is 0 Å². The van der Waals surface area contributed by atoms with Crippen LogP contribution in [0.3, 0.4) is 0 Å². The van der Waals surface area contributed by atoms with Crippen molar-refractivity contribution in [1.82, 2.24) is 4.90 Å². The molecule has 23 heavy (non-hydrogen) atoms. The first-order valence-corrected chi connectivity index (χ1v) is 8.94. The topological polar surface area (TPSA) is 57.6 Å². The third-order valence-corrected chi connectivity index (χ3v) is 5.67. The van der Waals surface area contributed by atoms with Crippen LogP contribution in [0.4, 0.5) is 4.79 Å². The summed E-state index contributed by atoms with van der Waals surface area (Å²) in [6.45, 7) is 1.98. The van der Waals surface area contributed by atoms with Crippen LogP contribution in [0, 0.1) is 5.92 Å². The predicted molar refractivity (Wildman–Crippen MR) is 92.0 cm³/mol. The molecule has 1 atom stereocenters. The third kappa shape index (κ3) is 3.29. The molecule has 1 saturated heterocycles. The number of para-hydroxylation sites is 1. The van der Waals surface area contributed by atoms with E-state index in [1.54, 1.807) is 30.3 Å². The van der Waals surface area contributed by atoms with Gasteiger partial charge in [-0.2, -0.15) is 0 Å². The van der Waals surface area contributed by atoms with Gasteiger partial charge in [-0.1, -0.05) is 37.5 Å². The van der Waals surface area contributed by atoms with Crippen LogP contribution in [0.1, 0.15) is 44.6 Å². The standard InChI is InChI=1S/C18H21NO3S/c1-12(13-7-3-2-4-8-13)19-17(21)16(23-18(19)22)11-14-9-5-6-10-15(14)20/h5-6,9-13,20H,2-4,7-8H2,1H3/b16-11-. The van der Waals surface area contributed by atoms with E-state index in [1.807, 2.05) is 6.92 Å². The van der Waals surface area contributed by atoms with Gasteiger partial charge in [-0.25, -0.2) is 0 Å². The molecule has 4 nitrogen and oxygen atoms in total. The zero-order valence-corrected chi connectivity index (χ0v) is 14.0. The van der Waals surface area contributed by atoms with Crippen LogP contribution in [0.2, 0.25) is 0 Å². The van der Waals surface area contributed by atoms with Gasteiger partial charge < -0.3 is 5.11 Å². The molecule has 1 heterocycles. The highest BCUT2D eigenvalue weighted by Gasteiger charge is 2.40. The van der Waals surface area contributed by atoms with Crippen LogP contribution in [0.15, 0.2) is 29.2 Å². The van der Waals surface area contributed by atoms with E-state index >= 15 is 0 Å². The van der Waals surface area contributed by atoms with E-state index in [-0.39, 0.29) is 22.9 Å². The maximum Gasteiger partial charge on any atom is 0.293 e. The lowest BCUT2D eigenvalue weighted by atomic mass is 9.84. The summed E-state index contributed by atoms with van der Waals surface area (Å²) in [6.07, 6.45) is 7.38. The summed E-state index contributed by atoms with van der Waals surface area (Å²) in [6, 6.07) is 6.76. The molecule has 3 rings (SSSR count). The number of thioether (sulfide) groups is 1. The number of nitrogens with zero attached hydrogens (tertiary/aromatic N) is 1. The Morgan fingerprint density at radius 3 is 2.61 bits per heavy atom. The minimum absolute atomic E-state index is 0.0573. The van der Waals surface area contributed by atoms with Gasteiger partial charge in [0.25, 0.3) is 11.1 Å². The second kappa shape index (κ2) is 6.79. The fraction of sp³-hybridized carbons (Fsp3) is 0.444. The van der Waals surface area contributed by atoms with E-state index in [0.29, 0.717) is 16.4 Å². The molecule has 1 saturated carbocycles. The lowest BCUT2D eigenvalue weighted by Gasteiger charge is -2.32. The van der Waals surface area contributed by atoms with E-state index in [0.717, 1.165) is 24.6 Å². The number of aromatic hydroxyl groups is 1. The lowest BCUT2D eigenvalue weighted by Crippen LogP contribution is -2.42. The highest BCUT2D eigenvalue weighted by Crippen LogP contribution is 2.38. The van der Waals surface area contributed by atoms with Crippen molar-refractivity contribution in [2.75, 3.05) is 0 Å². The fourth-order valence-electron chi connectivity index (χ4n) is 3.41. The molecule has 0 aromatic heterocycles. The zero-order valence-electron chi connectivity index (χ0n) is 13.2. The Morgan fingerprint density at radius 2 is 1.91 bits per heavy atom. The number of hydrogen-bond acceptors (Lipinski definition) is 4. The van der Waals surface area contributed by atoms with Gasteiger partial charge in [0.2, 0.25) is 0 Å². The van der Waals surface area contributed by atoms with Crippen LogP contribution in [-0.2, 0) is 4.79 Å². The number of benzene rings is 1. The van der Waals surface area contributed by atoms with Crippen molar-refractivity contribution in [3.63, 3.8) is 0 Å². The highest BCUT2D eigenvalue weighted by atomic mass is 32.2. The molecular weight excluding hydrogens is 310 g/mol. The molecule has 1 aliphatic heterocycles. The molecule has 0 radical (unpaired) electrons. The molecule has 5 heteroatoms. The third-order valence-electron chi connectivity index (χ3n) is 4.79. The Morgan fingerprint density at radius 1 is 1.22 bits per heavy atom. The van der Waals surface area contributed by atoms with E-state index in [1.165, 1.54) is 24.2 Å². The summed E-state index contributed by atoms with van der Waals surface area (Å²) in [5.74, 6) is 0.280. The Bertz CT molecular complexity index is 649. The normalized spacial score (nSPS) is 22.8. The number of carbonyl (C=O) groups is 2. The van der Waals surface area contributed by atoms with Crippen molar-refractivity contribution in [3.05, 3.63) is 34.7 Å². The fourth-order valence-corrected chi connectivity index (χ4v) is 4.32. The molecule has 122 valence electrons. The summed E-state index contributed by atoms with van der Waals surface area (Å²) >= 11 is 0.965. The highest BCUT2D eigenvalue weighted by molar-refractivity contribution is 8.18. The Hall–Kier alpha value is -1.75. The van der Waals surface area contributed by atoms with Crippen molar-refractivity contribution < 1.29 is 14.7 Å². The van der Waals surface area contributed by atoms with E-state index in [2.05, 4.69) is 0 Å². The van der Waals surface area contributed by atoms with E-state index in [9.17, 15) is 14.7 Å². The minimum atomic E-state index is -0.235. The van der Waals surface area contributed by atoms with E-state index < -0.39 is 0 Å². The number of hydrogen-bond donors (Lipinski definition) is 1. The van der Waals surface area contributed by atoms with Gasteiger partial charge in [0, 0.05) is 11.6 Å². The predicted octanol–water partition coefficient (Wildman–Crippen LogP) is 4.40. The molecule has 2 fully saturated rings. The van der Waals surface area contributed by atoms with Gasteiger partial charge in [0.05, 0.1) is 4.91 Å². The van der Waals surface area contributed by atoms with Crippen LogP contribution in [0.5, 0.6) is 5.75 Å². The first-order chi connectivity index (χ1) is 11.1. The molecule has 2 aliphatic rings. The van der Waals surface area contributed by atoms with Crippen molar-refractivity contribution >= 4 is 29.0 Å². The number of carbonyl (C=O) groups excluding carboxylic acids is 2. The molecule has 2 amide bonds. The second-order valence-corrected chi connectivity index (χ2v) is 7.24. The van der Waals surface area contributed by atoms with Crippen LogP contribution < -0.4 is 0 Å². The van der Waals surface area contributed by atoms with Crippen molar-refractivity contribution in [2.24, 2.45) is 5.92 Å². The first kappa shape index (κ1) is 16.1. The molecule has 1 aromatic rings. The van der Waals surface area contributed by atoms with Crippen molar-refractivity contribution in [3.8, 4) is 5.75 Å². The molecule has 1 N–H and O–H groups in total. The molecule has 0 bridgehead atoms. The SMILES string of the molecule is CC(C1CCCCC1)N1C(=O)S/C(=C\c2ccccc2O)C1=O. The number of rotatable bonds is 3. The second-order valence-electron chi connectivity index (χ2n) is 6.25. The van der Waals surface area contributed by atoms with Gasteiger partial charge >= 0.3 is 0 Å². The molecular formula is C18H21NO3S. The number of imide groups is 1. The summed E-state index contributed by atoms with van der Waals surface area (Å²) < 4.78 is 0. The number of amides is 2. The molecule has 1 unspecified atom stereocenters. The quantitative estimate of drug-likeness (QED) is 0.834. The van der Waals surface area contributed by atoms with Crippen LogP contribution in [0.25, 0.3) is 6.08 Å². The maximum atomic E-state index is 12.7. The average Bonchev–Trinajstić information content (AvgIpc) is 2.84. The molecule has 0 spiro atoms. The Labute approximate surface area is 140 Å². The van der Waals surface area contributed by atoms with Gasteiger partial charge in [-0.05, 0) is 49.6 Å². The minimum Gasteiger partial charge on any atom is -0.507 e. The monoisotopic (exact) mass is 331 g/mol. The summed E-state index contributed by atoms with van der Waals surface area (Å²) in [4.78, 5) is 26.8. The molecule has 1 aromatic carbocycles. The number of phenolic OH excluding ortho intramolecular Hbond substituents is 1. The van der Waals surface area contributed by atoms with Crippen LogP contribution >= 0.6 is 11.8 Å². The number of phenols is 1. The maximum absolute atomic E-state index is 12.7. The van der Waals surface area contributed by atoms with Crippen molar-refractivity contribution in [1.29, 1.82) is 0 Å². The summed E-state index contributed by atoms with van der Waals surface area (Å²) in [7, 11) is 0. The lowest BCUT2D eigenvalue weighted by molar-refractivity contribution is -0.125. The first-order valence-electron chi connectivity index (χ1n) is 8.13. The van der Waals surface area contributed by atoms with Gasteiger partial charge in [-0.3, -0.25) is 14.5 Å². The van der Waals surface area contributed by atoms with Crippen LogP contribution in [-0.4, -0.2) is 27.2 Å². The Balaban J connectivity index is 1.81. The van der Waals surface area contributed by atoms with Crippen molar-refractivity contribution in [2.45, 2.75) is 45.1 Å². The van der Waals surface area contributed by atoms with Gasteiger partial charge in [-0.15, -0.1) is 0 Å². The average molecular weight is 331 g/mol. The zero-order chi connectivity index (χ0) is 16.4. The summed E-state index contributed by atoms with van der Waals surface area (Å²) in [5, 5.41) is 9.64. The largest absolute Gasteiger partial charge is 0.507 e. The smallest absolute Gasteiger partial charge is 0.293 e. The Kier molecular flexibility index (Phi) is 4.76.